The number of nitrogens with zero attached hydrogens (tertiary/aromatic N) is 1. The van der Waals surface area contributed by atoms with Gasteiger partial charge in [0.15, 0.2) is 0 Å². The number of aliphatic hydroxyl groups excluding tert-OH is 1. The van der Waals surface area contributed by atoms with Crippen LogP contribution in [0.15, 0.2) is 12.2 Å². The first-order chi connectivity index (χ1) is 6.20. The molecule has 1 atom stereocenters. The van der Waals surface area contributed by atoms with Crippen LogP contribution in [0.4, 0.5) is 0 Å². The molecule has 0 aromatic rings. The Morgan fingerprint density at radius 1 is 1.31 bits per heavy atom. The number of aliphatic hydroxyl groups is 1. The molecule has 0 aromatic carbocycles. The van der Waals surface area contributed by atoms with E-state index < -0.39 is 0 Å². The Balaban J connectivity index is 2.29. The first kappa shape index (κ1) is 10.7. The van der Waals surface area contributed by atoms with Crippen LogP contribution < -0.4 is 0 Å². The van der Waals surface area contributed by atoms with Crippen LogP contribution in [-0.2, 0) is 0 Å². The van der Waals surface area contributed by atoms with E-state index in [1.165, 1.54) is 25.7 Å². The van der Waals surface area contributed by atoms with Crippen LogP contribution in [0.2, 0.25) is 0 Å². The van der Waals surface area contributed by atoms with E-state index in [-0.39, 0.29) is 6.10 Å². The van der Waals surface area contributed by atoms with Crippen molar-refractivity contribution in [3.05, 3.63) is 12.2 Å². The maximum Gasteiger partial charge on any atom is 0.0871 e. The third kappa shape index (κ3) is 3.92. The summed E-state index contributed by atoms with van der Waals surface area (Å²) in [5, 5.41) is 9.63. The van der Waals surface area contributed by atoms with Crippen LogP contribution >= 0.6 is 0 Å². The fraction of sp³-hybridized carbons (Fsp3) is 0.818. The fourth-order valence-corrected chi connectivity index (χ4v) is 1.72. The Labute approximate surface area is 81.2 Å². The van der Waals surface area contributed by atoms with Crippen molar-refractivity contribution in [3.63, 3.8) is 0 Å². The maximum absolute atomic E-state index is 9.63. The molecule has 0 aliphatic carbocycles. The number of β-amino-alcohol motifs (C(OH)–C–C–N with tert-alkyl or cyclic N) is 1. The van der Waals surface area contributed by atoms with E-state index >= 15 is 0 Å². The van der Waals surface area contributed by atoms with Crippen LogP contribution in [0.1, 0.15) is 32.6 Å². The lowest BCUT2D eigenvalue weighted by Gasteiger charge is -2.23. The molecule has 1 rings (SSSR count). The number of likely N-dealkylation sites (tertiary alicyclic amines) is 1. The number of hydrogen-bond acceptors (Lipinski definition) is 2. The summed E-state index contributed by atoms with van der Waals surface area (Å²) in [5.74, 6) is 0. The molecule has 1 aliphatic heterocycles. The Morgan fingerprint density at radius 2 is 1.85 bits per heavy atom. The quantitative estimate of drug-likeness (QED) is 0.674. The summed E-state index contributed by atoms with van der Waals surface area (Å²) >= 11 is 0. The minimum atomic E-state index is -0.335. The Hall–Kier alpha value is -0.340. The summed E-state index contributed by atoms with van der Waals surface area (Å²) in [6.45, 7) is 8.72. The Morgan fingerprint density at radius 3 is 2.31 bits per heavy atom. The fourth-order valence-electron chi connectivity index (χ4n) is 1.72. The Bertz CT molecular complexity index is 159. The zero-order chi connectivity index (χ0) is 9.68. The highest BCUT2D eigenvalue weighted by Crippen LogP contribution is 2.11. The van der Waals surface area contributed by atoms with E-state index in [1.54, 1.807) is 0 Å². The van der Waals surface area contributed by atoms with Crippen molar-refractivity contribution >= 4 is 0 Å². The molecular weight excluding hydrogens is 162 g/mol. The van der Waals surface area contributed by atoms with Gasteiger partial charge in [0, 0.05) is 6.54 Å². The summed E-state index contributed by atoms with van der Waals surface area (Å²) in [7, 11) is 0. The minimum absolute atomic E-state index is 0.335. The molecule has 1 aliphatic rings. The van der Waals surface area contributed by atoms with Gasteiger partial charge in [-0.2, -0.15) is 0 Å². The first-order valence-electron chi connectivity index (χ1n) is 5.26. The SMILES string of the molecule is C=C(C)C(O)CN1CCCCCC1. The zero-order valence-electron chi connectivity index (χ0n) is 8.63. The summed E-state index contributed by atoms with van der Waals surface area (Å²) in [5.41, 5.74) is 0.879. The summed E-state index contributed by atoms with van der Waals surface area (Å²) < 4.78 is 0. The third-order valence-electron chi connectivity index (χ3n) is 2.70. The summed E-state index contributed by atoms with van der Waals surface area (Å²) in [4.78, 5) is 2.35. The molecule has 76 valence electrons. The van der Waals surface area contributed by atoms with Crippen molar-refractivity contribution in [3.8, 4) is 0 Å². The minimum Gasteiger partial charge on any atom is -0.387 e. The molecule has 1 fully saturated rings. The molecule has 0 bridgehead atoms. The van der Waals surface area contributed by atoms with Crippen LogP contribution in [0.3, 0.4) is 0 Å². The van der Waals surface area contributed by atoms with Crippen LogP contribution in [0, 0.1) is 0 Å². The number of hydrogen-bond donors (Lipinski definition) is 1. The molecule has 0 saturated carbocycles. The zero-order valence-corrected chi connectivity index (χ0v) is 8.63. The maximum atomic E-state index is 9.63. The van der Waals surface area contributed by atoms with Gasteiger partial charge in [0.25, 0.3) is 0 Å². The normalized spacial score (nSPS) is 22.3. The highest BCUT2D eigenvalue weighted by molar-refractivity contribution is 4.97. The molecule has 1 heterocycles. The monoisotopic (exact) mass is 183 g/mol. The second-order valence-corrected chi connectivity index (χ2v) is 4.08. The van der Waals surface area contributed by atoms with E-state index in [0.717, 1.165) is 25.2 Å². The highest BCUT2D eigenvalue weighted by atomic mass is 16.3. The average Bonchev–Trinajstić information content (AvgIpc) is 2.32. The van der Waals surface area contributed by atoms with Gasteiger partial charge in [-0.15, -0.1) is 0 Å². The van der Waals surface area contributed by atoms with Crippen LogP contribution in [0.25, 0.3) is 0 Å². The van der Waals surface area contributed by atoms with Gasteiger partial charge in [-0.05, 0) is 32.9 Å². The van der Waals surface area contributed by atoms with E-state index in [0.29, 0.717) is 0 Å². The predicted octanol–water partition coefficient (Wildman–Crippen LogP) is 1.80. The standard InChI is InChI=1S/C11H21NO/c1-10(2)11(13)9-12-7-5-3-4-6-8-12/h11,13H,1,3-9H2,2H3. The molecular formula is C11H21NO. The third-order valence-corrected chi connectivity index (χ3v) is 2.70. The van der Waals surface area contributed by atoms with Gasteiger partial charge in [0.05, 0.1) is 6.10 Å². The lowest BCUT2D eigenvalue weighted by Crippen LogP contribution is -2.33. The molecule has 0 spiro atoms. The van der Waals surface area contributed by atoms with Gasteiger partial charge in [-0.1, -0.05) is 25.0 Å². The van der Waals surface area contributed by atoms with Crippen molar-refractivity contribution in [2.75, 3.05) is 19.6 Å². The molecule has 2 nitrogen and oxygen atoms in total. The van der Waals surface area contributed by atoms with Crippen molar-refractivity contribution in [1.82, 2.24) is 4.90 Å². The largest absolute Gasteiger partial charge is 0.387 e. The van der Waals surface area contributed by atoms with E-state index in [2.05, 4.69) is 11.5 Å². The molecule has 1 unspecified atom stereocenters. The molecule has 1 saturated heterocycles. The van der Waals surface area contributed by atoms with Gasteiger partial charge >= 0.3 is 0 Å². The topological polar surface area (TPSA) is 23.5 Å². The average molecular weight is 183 g/mol. The van der Waals surface area contributed by atoms with Crippen molar-refractivity contribution < 1.29 is 5.11 Å². The molecule has 0 aromatic heterocycles. The summed E-state index contributed by atoms with van der Waals surface area (Å²) in [6.07, 6.45) is 4.92. The predicted molar refractivity (Wildman–Crippen MR) is 55.7 cm³/mol. The lowest BCUT2D eigenvalue weighted by molar-refractivity contribution is 0.141. The van der Waals surface area contributed by atoms with Crippen molar-refractivity contribution in [2.24, 2.45) is 0 Å². The van der Waals surface area contributed by atoms with E-state index in [1.807, 2.05) is 6.92 Å². The molecule has 2 heteroatoms. The van der Waals surface area contributed by atoms with E-state index in [9.17, 15) is 5.11 Å². The van der Waals surface area contributed by atoms with Crippen LogP contribution in [0.5, 0.6) is 0 Å². The van der Waals surface area contributed by atoms with Gasteiger partial charge in [0.2, 0.25) is 0 Å². The molecule has 1 N–H and O–H groups in total. The van der Waals surface area contributed by atoms with Crippen molar-refractivity contribution in [2.45, 2.75) is 38.7 Å². The summed E-state index contributed by atoms with van der Waals surface area (Å²) in [6, 6.07) is 0. The van der Waals surface area contributed by atoms with Gasteiger partial charge in [0.1, 0.15) is 0 Å². The van der Waals surface area contributed by atoms with Gasteiger partial charge < -0.3 is 10.0 Å². The van der Waals surface area contributed by atoms with Gasteiger partial charge in [-0.25, -0.2) is 0 Å². The van der Waals surface area contributed by atoms with Crippen molar-refractivity contribution in [1.29, 1.82) is 0 Å². The first-order valence-corrected chi connectivity index (χ1v) is 5.26. The number of rotatable bonds is 3. The lowest BCUT2D eigenvalue weighted by atomic mass is 10.2. The highest BCUT2D eigenvalue weighted by Gasteiger charge is 2.13. The smallest absolute Gasteiger partial charge is 0.0871 e. The molecule has 0 amide bonds. The van der Waals surface area contributed by atoms with E-state index in [4.69, 9.17) is 0 Å². The second kappa shape index (κ2) is 5.40. The molecule has 13 heavy (non-hydrogen) atoms. The van der Waals surface area contributed by atoms with Gasteiger partial charge in [-0.3, -0.25) is 0 Å². The Kier molecular flexibility index (Phi) is 4.46. The second-order valence-electron chi connectivity index (χ2n) is 4.08. The van der Waals surface area contributed by atoms with Crippen LogP contribution in [-0.4, -0.2) is 35.7 Å². The molecule has 0 radical (unpaired) electrons.